The summed E-state index contributed by atoms with van der Waals surface area (Å²) in [7, 11) is -3.40. The van der Waals surface area contributed by atoms with Crippen molar-refractivity contribution in [3.63, 3.8) is 0 Å². The summed E-state index contributed by atoms with van der Waals surface area (Å²) in [6, 6.07) is 1.78. The molecule has 0 amide bonds. The Bertz CT molecular complexity index is 316. The molecule has 0 heterocycles. The highest BCUT2D eigenvalue weighted by Crippen LogP contribution is 2.19. The van der Waals surface area contributed by atoms with Gasteiger partial charge >= 0.3 is 0 Å². The van der Waals surface area contributed by atoms with Crippen molar-refractivity contribution in [3.05, 3.63) is 0 Å². The molecule has 1 rings (SSSR count). The normalized spacial score (nSPS) is 18.9. The molecule has 0 aliphatic heterocycles. The maximum atomic E-state index is 11.4. The largest absolute Gasteiger partial charge is 0.277 e. The lowest BCUT2D eigenvalue weighted by atomic mass is 10.2. The van der Waals surface area contributed by atoms with E-state index in [0.29, 0.717) is 6.42 Å². The van der Waals surface area contributed by atoms with E-state index in [1.54, 1.807) is 0 Å². The Morgan fingerprint density at radius 3 is 2.64 bits per heavy atom. The van der Waals surface area contributed by atoms with Crippen LogP contribution in [0.2, 0.25) is 0 Å². The fourth-order valence-electron chi connectivity index (χ4n) is 1.05. The summed E-state index contributed by atoms with van der Waals surface area (Å²) in [5.41, 5.74) is 0. The predicted octanol–water partition coefficient (Wildman–Crippen LogP) is 0.265. The minimum atomic E-state index is -3.40. The highest BCUT2D eigenvalue weighted by atomic mass is 32.2. The minimum Gasteiger partial charge on any atom is -0.199 e. The van der Waals surface area contributed by atoms with Gasteiger partial charge in [0.15, 0.2) is 0 Å². The van der Waals surface area contributed by atoms with Crippen LogP contribution >= 0.6 is 0 Å². The summed E-state index contributed by atoms with van der Waals surface area (Å²) in [5.74, 6) is 0. The standard InChI is InChI=1S/C8H15N3O2S/c1-2-7(5-6-9)10-14(12,13)11-8-3-4-8/h7-8,10-11H,2-5H2,1H3. The molecule has 1 unspecified atom stereocenters. The van der Waals surface area contributed by atoms with Crippen molar-refractivity contribution in [1.29, 1.82) is 5.26 Å². The van der Waals surface area contributed by atoms with Gasteiger partial charge in [-0.15, -0.1) is 0 Å². The van der Waals surface area contributed by atoms with E-state index < -0.39 is 10.2 Å². The van der Waals surface area contributed by atoms with E-state index in [1.165, 1.54) is 0 Å². The van der Waals surface area contributed by atoms with Crippen molar-refractivity contribution in [2.24, 2.45) is 0 Å². The maximum absolute atomic E-state index is 11.4. The third-order valence-electron chi connectivity index (χ3n) is 2.05. The van der Waals surface area contributed by atoms with Crippen LogP contribution < -0.4 is 9.44 Å². The summed E-state index contributed by atoms with van der Waals surface area (Å²) >= 11 is 0. The van der Waals surface area contributed by atoms with Crippen molar-refractivity contribution in [2.75, 3.05) is 0 Å². The van der Waals surface area contributed by atoms with Crippen LogP contribution in [0.4, 0.5) is 0 Å². The van der Waals surface area contributed by atoms with Crippen molar-refractivity contribution in [2.45, 2.75) is 44.7 Å². The van der Waals surface area contributed by atoms with Crippen LogP contribution in [0.5, 0.6) is 0 Å². The second kappa shape index (κ2) is 4.73. The Hall–Kier alpha value is -0.640. The number of rotatable bonds is 6. The number of nitriles is 1. The van der Waals surface area contributed by atoms with Gasteiger partial charge in [-0.05, 0) is 19.3 Å². The Kier molecular flexibility index (Phi) is 3.86. The summed E-state index contributed by atoms with van der Waals surface area (Å²) < 4.78 is 27.7. The lowest BCUT2D eigenvalue weighted by Gasteiger charge is -2.13. The molecule has 0 bridgehead atoms. The Morgan fingerprint density at radius 2 is 2.21 bits per heavy atom. The third kappa shape index (κ3) is 4.05. The molecular formula is C8H15N3O2S. The molecule has 5 nitrogen and oxygen atoms in total. The summed E-state index contributed by atoms with van der Waals surface area (Å²) in [6.07, 6.45) is 2.66. The van der Waals surface area contributed by atoms with Crippen LogP contribution in [0.1, 0.15) is 32.6 Å². The van der Waals surface area contributed by atoms with Gasteiger partial charge in [-0.2, -0.15) is 23.1 Å². The molecule has 0 saturated heterocycles. The van der Waals surface area contributed by atoms with Gasteiger partial charge in [-0.3, -0.25) is 0 Å². The van der Waals surface area contributed by atoms with Crippen LogP contribution in [0, 0.1) is 11.3 Å². The van der Waals surface area contributed by atoms with E-state index >= 15 is 0 Å². The lowest BCUT2D eigenvalue weighted by molar-refractivity contribution is 0.530. The van der Waals surface area contributed by atoms with Gasteiger partial charge in [0.1, 0.15) is 0 Å². The first-order chi connectivity index (χ1) is 6.57. The average Bonchev–Trinajstić information content (AvgIpc) is 2.86. The van der Waals surface area contributed by atoms with Crippen LogP contribution in [0.15, 0.2) is 0 Å². The van der Waals surface area contributed by atoms with Crippen molar-refractivity contribution >= 4 is 10.2 Å². The zero-order chi connectivity index (χ0) is 10.6. The van der Waals surface area contributed by atoms with E-state index in [0.717, 1.165) is 12.8 Å². The topological polar surface area (TPSA) is 82.0 Å². The molecule has 0 aromatic rings. The molecule has 2 N–H and O–H groups in total. The molecule has 0 aromatic heterocycles. The van der Waals surface area contributed by atoms with Gasteiger partial charge in [-0.25, -0.2) is 0 Å². The van der Waals surface area contributed by atoms with Crippen molar-refractivity contribution in [1.82, 2.24) is 9.44 Å². The number of hydrogen-bond acceptors (Lipinski definition) is 3. The first-order valence-electron chi connectivity index (χ1n) is 4.74. The molecule has 14 heavy (non-hydrogen) atoms. The van der Waals surface area contributed by atoms with E-state index in [-0.39, 0.29) is 18.5 Å². The van der Waals surface area contributed by atoms with Gasteiger partial charge in [-0.1, -0.05) is 6.92 Å². The first kappa shape index (κ1) is 11.4. The highest BCUT2D eigenvalue weighted by molar-refractivity contribution is 7.87. The number of nitrogens with zero attached hydrogens (tertiary/aromatic N) is 1. The summed E-state index contributed by atoms with van der Waals surface area (Å²) in [4.78, 5) is 0. The predicted molar refractivity (Wildman–Crippen MR) is 52.5 cm³/mol. The Morgan fingerprint density at radius 1 is 1.57 bits per heavy atom. The molecule has 0 spiro atoms. The highest BCUT2D eigenvalue weighted by Gasteiger charge is 2.27. The van der Waals surface area contributed by atoms with E-state index in [4.69, 9.17) is 5.26 Å². The molecular weight excluding hydrogens is 202 g/mol. The average molecular weight is 217 g/mol. The van der Waals surface area contributed by atoms with Crippen LogP contribution in [-0.2, 0) is 10.2 Å². The third-order valence-corrected chi connectivity index (χ3v) is 3.34. The Balaban J connectivity index is 2.42. The quantitative estimate of drug-likeness (QED) is 0.669. The van der Waals surface area contributed by atoms with Gasteiger partial charge in [0.05, 0.1) is 12.5 Å². The molecule has 1 fully saturated rings. The molecule has 1 atom stereocenters. The monoisotopic (exact) mass is 217 g/mol. The zero-order valence-electron chi connectivity index (χ0n) is 8.16. The number of hydrogen-bond donors (Lipinski definition) is 2. The van der Waals surface area contributed by atoms with Crippen molar-refractivity contribution in [3.8, 4) is 6.07 Å². The van der Waals surface area contributed by atoms with E-state index in [9.17, 15) is 8.42 Å². The molecule has 80 valence electrons. The molecule has 1 saturated carbocycles. The fourth-order valence-corrected chi connectivity index (χ4v) is 2.48. The second-order valence-corrected chi connectivity index (χ2v) is 4.96. The second-order valence-electron chi connectivity index (χ2n) is 3.48. The maximum Gasteiger partial charge on any atom is 0.277 e. The minimum absolute atomic E-state index is 0.104. The van der Waals surface area contributed by atoms with Gasteiger partial charge in [0.2, 0.25) is 0 Å². The molecule has 0 aromatic carbocycles. The fraction of sp³-hybridized carbons (Fsp3) is 0.875. The van der Waals surface area contributed by atoms with Crippen LogP contribution in [0.25, 0.3) is 0 Å². The van der Waals surface area contributed by atoms with Gasteiger partial charge in [0.25, 0.3) is 10.2 Å². The first-order valence-corrected chi connectivity index (χ1v) is 6.22. The van der Waals surface area contributed by atoms with Gasteiger partial charge in [0, 0.05) is 12.1 Å². The van der Waals surface area contributed by atoms with Crippen LogP contribution in [0.3, 0.4) is 0 Å². The van der Waals surface area contributed by atoms with Crippen molar-refractivity contribution < 1.29 is 8.42 Å². The van der Waals surface area contributed by atoms with Gasteiger partial charge < -0.3 is 0 Å². The molecule has 0 radical (unpaired) electrons. The molecule has 6 heteroatoms. The SMILES string of the molecule is CCC(CC#N)NS(=O)(=O)NC1CC1. The Labute approximate surface area is 84.7 Å². The van der Waals surface area contributed by atoms with E-state index in [1.807, 2.05) is 13.0 Å². The summed E-state index contributed by atoms with van der Waals surface area (Å²) in [5, 5.41) is 8.45. The zero-order valence-corrected chi connectivity index (χ0v) is 8.97. The molecule has 1 aliphatic carbocycles. The smallest absolute Gasteiger partial charge is 0.199 e. The van der Waals surface area contributed by atoms with Crippen LogP contribution in [-0.4, -0.2) is 20.5 Å². The summed E-state index contributed by atoms with van der Waals surface area (Å²) in [6.45, 7) is 1.85. The lowest BCUT2D eigenvalue weighted by Crippen LogP contribution is -2.43. The number of nitrogens with one attached hydrogen (secondary N) is 2. The molecule has 1 aliphatic rings. The van der Waals surface area contributed by atoms with E-state index in [2.05, 4.69) is 9.44 Å².